The first-order chi connectivity index (χ1) is 7.22. The van der Waals surface area contributed by atoms with Crippen molar-refractivity contribution in [2.24, 2.45) is 0 Å². The number of hydrogen-bond donors (Lipinski definition) is 2. The first kappa shape index (κ1) is 11.0. The van der Waals surface area contributed by atoms with E-state index in [9.17, 15) is 9.59 Å². The summed E-state index contributed by atoms with van der Waals surface area (Å²) in [6.07, 6.45) is 3.09. The van der Waals surface area contributed by atoms with E-state index in [4.69, 9.17) is 0 Å². The molecule has 15 heavy (non-hydrogen) atoms. The van der Waals surface area contributed by atoms with Crippen molar-refractivity contribution in [3.8, 4) is 0 Å². The Balaban J connectivity index is 2.34. The van der Waals surface area contributed by atoms with E-state index >= 15 is 0 Å². The number of nitrogens with one attached hydrogen (secondary N) is 2. The molecule has 0 saturated heterocycles. The van der Waals surface area contributed by atoms with Crippen molar-refractivity contribution in [2.45, 2.75) is 0 Å². The normalized spacial score (nSPS) is 9.13. The van der Waals surface area contributed by atoms with E-state index in [1.807, 2.05) is 0 Å². The van der Waals surface area contributed by atoms with Gasteiger partial charge in [-0.15, -0.1) is 0 Å². The van der Waals surface area contributed by atoms with Crippen LogP contribution < -0.4 is 10.6 Å². The Kier molecular flexibility index (Phi) is 4.08. The van der Waals surface area contributed by atoms with Gasteiger partial charge in [0.2, 0.25) is 0 Å². The zero-order valence-corrected chi connectivity index (χ0v) is 8.19. The number of anilines is 1. The number of esters is 1. The average molecular weight is 209 g/mol. The number of rotatable bonds is 3. The first-order valence-corrected chi connectivity index (χ1v) is 4.24. The standard InChI is InChI=1S/C9H11N3O3/c1-15-8(13)6-11-9(14)12-7-3-2-4-10-5-7/h2-5H,6H2,1H3,(H2,11,12,14). The minimum atomic E-state index is -0.503. The van der Waals surface area contributed by atoms with Gasteiger partial charge in [-0.2, -0.15) is 0 Å². The molecule has 0 spiro atoms. The molecule has 0 aromatic carbocycles. The molecule has 1 heterocycles. The van der Waals surface area contributed by atoms with Crippen molar-refractivity contribution in [3.05, 3.63) is 24.5 Å². The van der Waals surface area contributed by atoms with Crippen molar-refractivity contribution in [3.63, 3.8) is 0 Å². The highest BCUT2D eigenvalue weighted by molar-refractivity contribution is 5.91. The summed E-state index contributed by atoms with van der Waals surface area (Å²) < 4.78 is 4.36. The van der Waals surface area contributed by atoms with Crippen LogP contribution >= 0.6 is 0 Å². The largest absolute Gasteiger partial charge is 0.468 e. The molecule has 0 aliphatic carbocycles. The molecule has 2 N–H and O–H groups in total. The number of aromatic nitrogens is 1. The third kappa shape index (κ3) is 4.08. The number of amides is 2. The van der Waals surface area contributed by atoms with E-state index < -0.39 is 12.0 Å². The first-order valence-electron chi connectivity index (χ1n) is 4.24. The lowest BCUT2D eigenvalue weighted by atomic mass is 10.4. The zero-order valence-electron chi connectivity index (χ0n) is 8.19. The maximum absolute atomic E-state index is 11.2. The van der Waals surface area contributed by atoms with Crippen molar-refractivity contribution in [2.75, 3.05) is 19.0 Å². The fraction of sp³-hybridized carbons (Fsp3) is 0.222. The van der Waals surface area contributed by atoms with E-state index in [2.05, 4.69) is 20.4 Å². The lowest BCUT2D eigenvalue weighted by Crippen LogP contribution is -2.33. The summed E-state index contributed by atoms with van der Waals surface area (Å²) in [5.41, 5.74) is 0.555. The van der Waals surface area contributed by atoms with Crippen molar-refractivity contribution in [1.29, 1.82) is 0 Å². The molecule has 0 fully saturated rings. The third-order valence-electron chi connectivity index (χ3n) is 1.54. The topological polar surface area (TPSA) is 80.3 Å². The third-order valence-corrected chi connectivity index (χ3v) is 1.54. The summed E-state index contributed by atoms with van der Waals surface area (Å²) in [7, 11) is 1.25. The predicted molar refractivity (Wildman–Crippen MR) is 53.3 cm³/mol. The van der Waals surface area contributed by atoms with Crippen LogP contribution in [0, 0.1) is 0 Å². The molecule has 0 aliphatic rings. The van der Waals surface area contributed by atoms with Gasteiger partial charge in [-0.1, -0.05) is 0 Å². The molecular weight excluding hydrogens is 198 g/mol. The smallest absolute Gasteiger partial charge is 0.325 e. The van der Waals surface area contributed by atoms with Crippen molar-refractivity contribution >= 4 is 17.7 Å². The Bertz CT molecular complexity index is 340. The maximum Gasteiger partial charge on any atom is 0.325 e. The molecule has 0 aliphatic heterocycles. The van der Waals surface area contributed by atoms with E-state index in [0.29, 0.717) is 5.69 Å². The highest BCUT2D eigenvalue weighted by Gasteiger charge is 2.04. The predicted octanol–water partition coefficient (Wildman–Crippen LogP) is 0.376. The summed E-state index contributed by atoms with van der Waals surface area (Å²) in [6.45, 7) is -0.164. The number of methoxy groups -OCH3 is 1. The zero-order chi connectivity index (χ0) is 11.1. The molecule has 1 aromatic rings. The Hall–Kier alpha value is -2.11. The summed E-state index contributed by atoms with van der Waals surface area (Å²) in [5, 5.41) is 4.83. The fourth-order valence-corrected chi connectivity index (χ4v) is 0.837. The second-order valence-electron chi connectivity index (χ2n) is 2.63. The molecule has 1 rings (SSSR count). The maximum atomic E-state index is 11.2. The molecule has 0 bridgehead atoms. The minimum Gasteiger partial charge on any atom is -0.468 e. The number of urea groups is 1. The molecule has 1 aromatic heterocycles. The van der Waals surface area contributed by atoms with Gasteiger partial charge in [-0.05, 0) is 12.1 Å². The molecule has 0 saturated carbocycles. The van der Waals surface area contributed by atoms with Gasteiger partial charge in [0.05, 0.1) is 19.0 Å². The number of pyridine rings is 1. The van der Waals surface area contributed by atoms with Crippen LogP contribution in [0.4, 0.5) is 10.5 Å². The van der Waals surface area contributed by atoms with Crippen LogP contribution in [-0.4, -0.2) is 30.6 Å². The van der Waals surface area contributed by atoms with Gasteiger partial charge < -0.3 is 15.4 Å². The van der Waals surface area contributed by atoms with Crippen LogP contribution in [0.1, 0.15) is 0 Å². The molecule has 80 valence electrons. The summed E-state index contributed by atoms with van der Waals surface area (Å²) in [4.78, 5) is 25.7. The number of hydrogen-bond acceptors (Lipinski definition) is 4. The molecular formula is C9H11N3O3. The van der Waals surface area contributed by atoms with Gasteiger partial charge in [-0.3, -0.25) is 9.78 Å². The highest BCUT2D eigenvalue weighted by Crippen LogP contribution is 2.01. The molecule has 0 unspecified atom stereocenters. The van der Waals surface area contributed by atoms with Gasteiger partial charge in [0.1, 0.15) is 6.54 Å². The van der Waals surface area contributed by atoms with Crippen LogP contribution in [0.25, 0.3) is 0 Å². The van der Waals surface area contributed by atoms with Gasteiger partial charge in [0.15, 0.2) is 0 Å². The summed E-state index contributed by atoms with van der Waals surface area (Å²) in [5.74, 6) is -0.503. The van der Waals surface area contributed by atoms with Crippen LogP contribution in [0.3, 0.4) is 0 Å². The number of carbonyl (C=O) groups is 2. The Morgan fingerprint density at radius 2 is 2.33 bits per heavy atom. The van der Waals surface area contributed by atoms with Crippen LogP contribution in [0.2, 0.25) is 0 Å². The minimum absolute atomic E-state index is 0.164. The van der Waals surface area contributed by atoms with E-state index in [-0.39, 0.29) is 6.54 Å². The number of carbonyl (C=O) groups excluding carboxylic acids is 2. The SMILES string of the molecule is COC(=O)CNC(=O)Nc1cccnc1. The van der Waals surface area contributed by atoms with Crippen LogP contribution in [0.15, 0.2) is 24.5 Å². The van der Waals surface area contributed by atoms with E-state index in [1.54, 1.807) is 18.3 Å². The highest BCUT2D eigenvalue weighted by atomic mass is 16.5. The summed E-state index contributed by atoms with van der Waals surface area (Å²) in [6, 6.07) is 2.90. The summed E-state index contributed by atoms with van der Waals surface area (Å²) >= 11 is 0. The monoisotopic (exact) mass is 209 g/mol. The van der Waals surface area contributed by atoms with Crippen LogP contribution in [0.5, 0.6) is 0 Å². The van der Waals surface area contributed by atoms with E-state index in [0.717, 1.165) is 0 Å². The second kappa shape index (κ2) is 5.58. The molecule has 6 nitrogen and oxygen atoms in total. The van der Waals surface area contributed by atoms with Crippen molar-refractivity contribution in [1.82, 2.24) is 10.3 Å². The fourth-order valence-electron chi connectivity index (χ4n) is 0.837. The Labute approximate surface area is 86.6 Å². The molecule has 6 heteroatoms. The lowest BCUT2D eigenvalue weighted by molar-refractivity contribution is -0.139. The van der Waals surface area contributed by atoms with Crippen molar-refractivity contribution < 1.29 is 14.3 Å². The number of ether oxygens (including phenoxy) is 1. The Morgan fingerprint density at radius 1 is 1.53 bits per heavy atom. The Morgan fingerprint density at radius 3 is 2.93 bits per heavy atom. The molecule has 0 radical (unpaired) electrons. The van der Waals surface area contributed by atoms with Gasteiger partial charge in [0.25, 0.3) is 0 Å². The second-order valence-corrected chi connectivity index (χ2v) is 2.63. The molecule has 2 amide bonds. The van der Waals surface area contributed by atoms with Gasteiger partial charge in [0, 0.05) is 6.20 Å². The quantitative estimate of drug-likeness (QED) is 0.705. The lowest BCUT2D eigenvalue weighted by Gasteiger charge is -2.05. The average Bonchev–Trinajstić information content (AvgIpc) is 2.27. The van der Waals surface area contributed by atoms with E-state index in [1.165, 1.54) is 13.3 Å². The van der Waals surface area contributed by atoms with Crippen LogP contribution in [-0.2, 0) is 9.53 Å². The number of nitrogens with zero attached hydrogens (tertiary/aromatic N) is 1. The molecule has 0 atom stereocenters. The van der Waals surface area contributed by atoms with Gasteiger partial charge in [-0.25, -0.2) is 4.79 Å². The van der Waals surface area contributed by atoms with Gasteiger partial charge >= 0.3 is 12.0 Å².